The molecule has 6 heteroatoms. The second-order valence-electron chi connectivity index (χ2n) is 6.03. The minimum absolute atomic E-state index is 0.0445. The van der Waals surface area contributed by atoms with Crippen molar-refractivity contribution in [1.82, 2.24) is 14.8 Å². The van der Waals surface area contributed by atoms with Gasteiger partial charge in [0.15, 0.2) is 0 Å². The molecule has 1 aromatic heterocycles. The van der Waals surface area contributed by atoms with Crippen LogP contribution in [0.3, 0.4) is 0 Å². The average Bonchev–Trinajstić information content (AvgIpc) is 2.58. The summed E-state index contributed by atoms with van der Waals surface area (Å²) in [6.07, 6.45) is 1.63. The topological polar surface area (TPSA) is 54.3 Å². The fraction of sp³-hybridized carbons (Fsp3) is 0.333. The predicted octanol–water partition coefficient (Wildman–Crippen LogP) is 1.98. The maximum atomic E-state index is 12.7. The number of nitrogens with zero attached hydrogens (tertiary/aromatic N) is 2. The highest BCUT2D eigenvalue weighted by Gasteiger charge is 2.24. The molecule has 1 fully saturated rings. The molecule has 0 radical (unpaired) electrons. The smallest absolute Gasteiger partial charge is 0.255 e. The molecule has 1 aliphatic rings. The molecular formula is C18H20ClN3O2. The Morgan fingerprint density at radius 2 is 2.08 bits per heavy atom. The van der Waals surface area contributed by atoms with Gasteiger partial charge in [0.25, 0.3) is 11.5 Å². The predicted molar refractivity (Wildman–Crippen MR) is 94.6 cm³/mol. The Hall–Kier alpha value is -2.11. The molecule has 2 aromatic rings. The third kappa shape index (κ3) is 3.52. The molecule has 0 bridgehead atoms. The summed E-state index contributed by atoms with van der Waals surface area (Å²) in [5.74, 6) is -0.0445. The number of hydrogen-bond acceptors (Lipinski definition) is 3. The Morgan fingerprint density at radius 1 is 1.29 bits per heavy atom. The lowest BCUT2D eigenvalue weighted by molar-refractivity contribution is 0.0655. The van der Waals surface area contributed by atoms with E-state index < -0.39 is 0 Å². The normalized spacial score (nSPS) is 17.8. The van der Waals surface area contributed by atoms with Gasteiger partial charge >= 0.3 is 0 Å². The molecule has 1 atom stereocenters. The van der Waals surface area contributed by atoms with Crippen LogP contribution in [0, 0.1) is 0 Å². The zero-order valence-corrected chi connectivity index (χ0v) is 14.3. The molecule has 0 aliphatic carbocycles. The number of nitrogens with one attached hydrogen (secondary N) is 1. The molecule has 3 rings (SSSR count). The van der Waals surface area contributed by atoms with E-state index in [4.69, 9.17) is 11.6 Å². The monoisotopic (exact) mass is 345 g/mol. The summed E-state index contributed by atoms with van der Waals surface area (Å²) in [5.41, 5.74) is 1.22. The van der Waals surface area contributed by atoms with Crippen molar-refractivity contribution >= 4 is 17.5 Å². The second-order valence-corrected chi connectivity index (χ2v) is 6.43. The first-order chi connectivity index (χ1) is 11.6. The van der Waals surface area contributed by atoms with Crippen molar-refractivity contribution < 1.29 is 4.79 Å². The first-order valence-corrected chi connectivity index (χ1v) is 8.39. The van der Waals surface area contributed by atoms with E-state index in [0.29, 0.717) is 23.7 Å². The zero-order valence-electron chi connectivity index (χ0n) is 13.5. The number of aromatic nitrogens is 1. The van der Waals surface area contributed by atoms with Gasteiger partial charge in [-0.05, 0) is 24.6 Å². The Morgan fingerprint density at radius 3 is 2.83 bits per heavy atom. The molecule has 5 nitrogen and oxygen atoms in total. The summed E-state index contributed by atoms with van der Waals surface area (Å²) < 4.78 is 1.53. The van der Waals surface area contributed by atoms with E-state index in [2.05, 4.69) is 5.32 Å². The summed E-state index contributed by atoms with van der Waals surface area (Å²) in [5, 5.41) is 3.87. The van der Waals surface area contributed by atoms with Crippen LogP contribution in [0.15, 0.2) is 47.4 Å². The van der Waals surface area contributed by atoms with Gasteiger partial charge in [0.05, 0.1) is 12.1 Å². The van der Waals surface area contributed by atoms with Crippen molar-refractivity contribution in [3.05, 3.63) is 69.1 Å². The van der Waals surface area contributed by atoms with E-state index in [1.54, 1.807) is 18.3 Å². The average molecular weight is 346 g/mol. The molecule has 1 aliphatic heterocycles. The fourth-order valence-electron chi connectivity index (χ4n) is 2.90. The van der Waals surface area contributed by atoms with Gasteiger partial charge in [-0.1, -0.05) is 29.8 Å². The third-order valence-corrected chi connectivity index (χ3v) is 4.66. The number of carbonyl (C=O) groups is 1. The van der Waals surface area contributed by atoms with Gasteiger partial charge < -0.3 is 14.8 Å². The Labute approximate surface area is 145 Å². The van der Waals surface area contributed by atoms with Crippen molar-refractivity contribution in [1.29, 1.82) is 0 Å². The number of piperazine rings is 1. The molecule has 0 saturated carbocycles. The van der Waals surface area contributed by atoms with Crippen molar-refractivity contribution in [3.8, 4) is 0 Å². The number of hydrogen-bond donors (Lipinski definition) is 1. The maximum Gasteiger partial charge on any atom is 0.255 e. The number of benzene rings is 1. The van der Waals surface area contributed by atoms with Crippen LogP contribution in [0.1, 0.15) is 22.8 Å². The van der Waals surface area contributed by atoms with E-state index in [9.17, 15) is 9.59 Å². The lowest BCUT2D eigenvalue weighted by Gasteiger charge is -2.34. The van der Waals surface area contributed by atoms with Crippen LogP contribution in [0.5, 0.6) is 0 Å². The first-order valence-electron chi connectivity index (χ1n) is 8.02. The van der Waals surface area contributed by atoms with Gasteiger partial charge in [0, 0.05) is 43.0 Å². The Balaban J connectivity index is 1.87. The van der Waals surface area contributed by atoms with Gasteiger partial charge in [-0.2, -0.15) is 0 Å². The largest absolute Gasteiger partial charge is 0.333 e. The molecule has 1 aromatic carbocycles. The molecule has 24 heavy (non-hydrogen) atoms. The SMILES string of the molecule is CC1CNCCN1C(=O)c1ccc(=O)n(Cc2ccccc2Cl)c1. The highest BCUT2D eigenvalue weighted by Crippen LogP contribution is 2.16. The highest BCUT2D eigenvalue weighted by molar-refractivity contribution is 6.31. The lowest BCUT2D eigenvalue weighted by atomic mass is 10.1. The van der Waals surface area contributed by atoms with E-state index >= 15 is 0 Å². The summed E-state index contributed by atoms with van der Waals surface area (Å²) in [6, 6.07) is 10.6. The first kappa shape index (κ1) is 16.7. The summed E-state index contributed by atoms with van der Waals surface area (Å²) in [6.45, 7) is 4.60. The van der Waals surface area contributed by atoms with E-state index in [0.717, 1.165) is 18.7 Å². The Bertz CT molecular complexity index is 803. The standard InChI is InChI=1S/C18H20ClN3O2/c1-13-10-20-8-9-22(13)18(24)15-6-7-17(23)21(12-15)11-14-4-2-3-5-16(14)19/h2-7,12-13,20H,8-11H2,1H3. The van der Waals surface area contributed by atoms with Gasteiger partial charge in [-0.15, -0.1) is 0 Å². The number of halogens is 1. The molecular weight excluding hydrogens is 326 g/mol. The summed E-state index contributed by atoms with van der Waals surface area (Å²) in [4.78, 5) is 26.7. The van der Waals surface area contributed by atoms with Gasteiger partial charge in [-0.25, -0.2) is 0 Å². The maximum absolute atomic E-state index is 12.7. The van der Waals surface area contributed by atoms with Crippen LogP contribution >= 0.6 is 11.6 Å². The van der Waals surface area contributed by atoms with Gasteiger partial charge in [0.2, 0.25) is 0 Å². The van der Waals surface area contributed by atoms with Gasteiger partial charge in [-0.3, -0.25) is 9.59 Å². The van der Waals surface area contributed by atoms with Crippen LogP contribution in [0.25, 0.3) is 0 Å². The molecule has 126 valence electrons. The minimum Gasteiger partial charge on any atom is -0.333 e. The number of amides is 1. The van der Waals surface area contributed by atoms with Crippen molar-refractivity contribution in [3.63, 3.8) is 0 Å². The molecule has 0 spiro atoms. The summed E-state index contributed by atoms with van der Waals surface area (Å²) in [7, 11) is 0. The van der Waals surface area contributed by atoms with Crippen molar-refractivity contribution in [2.45, 2.75) is 19.5 Å². The number of carbonyl (C=O) groups excluding carboxylic acids is 1. The molecule has 1 saturated heterocycles. The third-order valence-electron chi connectivity index (χ3n) is 4.29. The van der Waals surface area contributed by atoms with Crippen LogP contribution in [0.4, 0.5) is 0 Å². The molecule has 1 unspecified atom stereocenters. The molecule has 2 heterocycles. The van der Waals surface area contributed by atoms with E-state index in [1.165, 1.54) is 10.6 Å². The quantitative estimate of drug-likeness (QED) is 0.925. The number of rotatable bonds is 3. The fourth-order valence-corrected chi connectivity index (χ4v) is 3.10. The Kier molecular flexibility index (Phi) is 5.02. The minimum atomic E-state index is -0.153. The van der Waals surface area contributed by atoms with Crippen LogP contribution in [-0.4, -0.2) is 41.1 Å². The highest BCUT2D eigenvalue weighted by atomic mass is 35.5. The van der Waals surface area contributed by atoms with Crippen molar-refractivity contribution in [2.75, 3.05) is 19.6 Å². The molecule has 1 amide bonds. The second kappa shape index (κ2) is 7.20. The molecule has 1 N–H and O–H groups in total. The van der Waals surface area contributed by atoms with E-state index in [1.807, 2.05) is 30.0 Å². The summed E-state index contributed by atoms with van der Waals surface area (Å²) >= 11 is 6.17. The van der Waals surface area contributed by atoms with Crippen LogP contribution in [0.2, 0.25) is 5.02 Å². The van der Waals surface area contributed by atoms with Crippen LogP contribution < -0.4 is 10.9 Å². The van der Waals surface area contributed by atoms with E-state index in [-0.39, 0.29) is 17.5 Å². The lowest BCUT2D eigenvalue weighted by Crippen LogP contribution is -2.52. The van der Waals surface area contributed by atoms with Crippen molar-refractivity contribution in [2.24, 2.45) is 0 Å². The zero-order chi connectivity index (χ0) is 17.1. The van der Waals surface area contributed by atoms with Crippen LogP contribution in [-0.2, 0) is 6.54 Å². The number of pyridine rings is 1. The van der Waals surface area contributed by atoms with Gasteiger partial charge in [0.1, 0.15) is 0 Å².